The summed E-state index contributed by atoms with van der Waals surface area (Å²) in [5, 5.41) is 3.33. The molecule has 0 aliphatic rings. The van der Waals surface area contributed by atoms with Gasteiger partial charge in [-0.3, -0.25) is 4.99 Å². The zero-order valence-corrected chi connectivity index (χ0v) is 14.6. The number of nitrogens with one attached hydrogen (secondary N) is 1. The number of alkyl halides is 3. The number of benzene rings is 2. The van der Waals surface area contributed by atoms with E-state index < -0.39 is 6.36 Å². The number of hydrogen-bond acceptors (Lipinski definition) is 3. The SMILES string of the molecule is COc1ccc(NC(N)=NCCc2ccc(OC(F)(F)F)cc2)cc1Cl. The van der Waals surface area contributed by atoms with Crippen LogP contribution in [0.4, 0.5) is 18.9 Å². The van der Waals surface area contributed by atoms with Crippen molar-refractivity contribution >= 4 is 23.2 Å². The van der Waals surface area contributed by atoms with Crippen LogP contribution in [0.3, 0.4) is 0 Å². The maximum atomic E-state index is 12.1. The highest BCUT2D eigenvalue weighted by molar-refractivity contribution is 6.32. The van der Waals surface area contributed by atoms with Crippen LogP contribution in [0.25, 0.3) is 0 Å². The quantitative estimate of drug-likeness (QED) is 0.575. The predicted octanol–water partition coefficient (Wildman–Crippen LogP) is 4.22. The summed E-state index contributed by atoms with van der Waals surface area (Å²) >= 11 is 6.02. The Morgan fingerprint density at radius 3 is 2.46 bits per heavy atom. The Hall–Kier alpha value is -2.61. The third-order valence-electron chi connectivity index (χ3n) is 3.26. The number of aliphatic imine (C=N–C) groups is 1. The summed E-state index contributed by atoms with van der Waals surface area (Å²) in [4.78, 5) is 4.17. The van der Waals surface area contributed by atoms with Crippen molar-refractivity contribution in [3.8, 4) is 11.5 Å². The molecule has 2 aromatic carbocycles. The Bertz CT molecular complexity index is 765. The number of methoxy groups -OCH3 is 1. The number of ether oxygens (including phenoxy) is 2. The molecule has 5 nitrogen and oxygen atoms in total. The largest absolute Gasteiger partial charge is 0.573 e. The van der Waals surface area contributed by atoms with Crippen LogP contribution < -0.4 is 20.5 Å². The van der Waals surface area contributed by atoms with Crippen molar-refractivity contribution in [1.29, 1.82) is 0 Å². The number of rotatable bonds is 6. The van der Waals surface area contributed by atoms with Crippen molar-refractivity contribution in [2.75, 3.05) is 19.0 Å². The smallest absolute Gasteiger partial charge is 0.495 e. The second-order valence-electron chi connectivity index (χ2n) is 5.18. The van der Waals surface area contributed by atoms with Gasteiger partial charge in [-0.2, -0.15) is 0 Å². The van der Waals surface area contributed by atoms with E-state index in [-0.39, 0.29) is 11.7 Å². The highest BCUT2D eigenvalue weighted by Crippen LogP contribution is 2.27. The Labute approximate surface area is 153 Å². The lowest BCUT2D eigenvalue weighted by Crippen LogP contribution is -2.23. The van der Waals surface area contributed by atoms with Crippen LogP contribution in [-0.2, 0) is 6.42 Å². The first-order valence-corrected chi connectivity index (χ1v) is 7.90. The number of hydrogen-bond donors (Lipinski definition) is 2. The van der Waals surface area contributed by atoms with Gasteiger partial charge in [0.1, 0.15) is 11.5 Å². The van der Waals surface area contributed by atoms with Crippen molar-refractivity contribution in [3.05, 3.63) is 53.1 Å². The molecular weight excluding hydrogens is 371 g/mol. The number of anilines is 1. The third kappa shape index (κ3) is 6.36. The molecule has 0 aliphatic heterocycles. The summed E-state index contributed by atoms with van der Waals surface area (Å²) in [5.41, 5.74) is 7.27. The zero-order valence-electron chi connectivity index (χ0n) is 13.8. The fraction of sp³-hybridized carbons (Fsp3) is 0.235. The van der Waals surface area contributed by atoms with Crippen molar-refractivity contribution in [3.63, 3.8) is 0 Å². The van der Waals surface area contributed by atoms with E-state index in [4.69, 9.17) is 22.1 Å². The molecule has 0 saturated heterocycles. The van der Waals surface area contributed by atoms with Crippen LogP contribution in [0.5, 0.6) is 11.5 Å². The number of guanidine groups is 1. The molecule has 0 amide bonds. The molecule has 2 rings (SSSR count). The van der Waals surface area contributed by atoms with E-state index in [0.717, 1.165) is 5.56 Å². The summed E-state index contributed by atoms with van der Waals surface area (Å²) in [7, 11) is 1.52. The molecule has 0 aliphatic carbocycles. The van der Waals surface area contributed by atoms with E-state index in [1.165, 1.54) is 19.2 Å². The van der Waals surface area contributed by atoms with E-state index in [0.29, 0.717) is 29.4 Å². The second-order valence-corrected chi connectivity index (χ2v) is 5.59. The van der Waals surface area contributed by atoms with Crippen LogP contribution in [0.2, 0.25) is 5.02 Å². The molecule has 26 heavy (non-hydrogen) atoms. The van der Waals surface area contributed by atoms with Gasteiger partial charge in [0.05, 0.1) is 12.1 Å². The predicted molar refractivity (Wildman–Crippen MR) is 94.9 cm³/mol. The van der Waals surface area contributed by atoms with Gasteiger partial charge < -0.3 is 20.5 Å². The maximum Gasteiger partial charge on any atom is 0.573 e. The highest BCUT2D eigenvalue weighted by atomic mass is 35.5. The third-order valence-corrected chi connectivity index (χ3v) is 3.56. The molecule has 2 aromatic rings. The zero-order chi connectivity index (χ0) is 19.2. The van der Waals surface area contributed by atoms with Crippen LogP contribution in [0.15, 0.2) is 47.5 Å². The van der Waals surface area contributed by atoms with Crippen molar-refractivity contribution in [2.45, 2.75) is 12.8 Å². The summed E-state index contributed by atoms with van der Waals surface area (Å²) in [6, 6.07) is 10.7. The van der Waals surface area contributed by atoms with Gasteiger partial charge in [0.25, 0.3) is 0 Å². The lowest BCUT2D eigenvalue weighted by atomic mass is 10.1. The fourth-order valence-corrected chi connectivity index (χ4v) is 2.35. The molecule has 0 heterocycles. The van der Waals surface area contributed by atoms with E-state index in [1.807, 2.05) is 0 Å². The maximum absolute atomic E-state index is 12.1. The van der Waals surface area contributed by atoms with E-state index in [9.17, 15) is 13.2 Å². The molecule has 0 unspecified atom stereocenters. The first-order valence-electron chi connectivity index (χ1n) is 7.52. The molecule has 3 N–H and O–H groups in total. The molecule has 140 valence electrons. The molecule has 9 heteroatoms. The topological polar surface area (TPSA) is 68.9 Å². The first-order chi connectivity index (χ1) is 12.3. The van der Waals surface area contributed by atoms with Gasteiger partial charge in [0.2, 0.25) is 0 Å². The van der Waals surface area contributed by atoms with E-state index >= 15 is 0 Å². The van der Waals surface area contributed by atoms with Crippen LogP contribution in [0.1, 0.15) is 5.56 Å². The van der Waals surface area contributed by atoms with Gasteiger partial charge in [-0.1, -0.05) is 23.7 Å². The Morgan fingerprint density at radius 2 is 1.88 bits per heavy atom. The molecule has 0 spiro atoms. The van der Waals surface area contributed by atoms with Gasteiger partial charge in [-0.05, 0) is 42.3 Å². The standard InChI is InChI=1S/C17H17ClF3N3O2/c1-25-15-7-4-12(10-14(15)18)24-16(22)23-9-8-11-2-5-13(6-3-11)26-17(19,20)21/h2-7,10H,8-9H2,1H3,(H3,22,23,24). The Kier molecular flexibility index (Phi) is 6.57. The molecule has 0 radical (unpaired) electrons. The van der Waals surface area contributed by atoms with Gasteiger partial charge in [0.15, 0.2) is 5.96 Å². The molecule has 0 fully saturated rings. The normalized spacial score (nSPS) is 12.0. The average Bonchev–Trinajstić information content (AvgIpc) is 2.55. The molecular formula is C17H17ClF3N3O2. The lowest BCUT2D eigenvalue weighted by Gasteiger charge is -2.09. The summed E-state index contributed by atoms with van der Waals surface area (Å²) in [6.45, 7) is 0.363. The van der Waals surface area contributed by atoms with Gasteiger partial charge in [-0.15, -0.1) is 13.2 Å². The number of nitrogens with two attached hydrogens (primary N) is 1. The highest BCUT2D eigenvalue weighted by Gasteiger charge is 2.30. The average molecular weight is 388 g/mol. The van der Waals surface area contributed by atoms with Crippen molar-refractivity contribution in [2.24, 2.45) is 10.7 Å². The first kappa shape index (κ1) is 19.7. The second kappa shape index (κ2) is 8.66. The number of halogens is 4. The monoisotopic (exact) mass is 387 g/mol. The molecule has 0 atom stereocenters. The fourth-order valence-electron chi connectivity index (χ4n) is 2.09. The minimum Gasteiger partial charge on any atom is -0.495 e. The van der Waals surface area contributed by atoms with Crippen LogP contribution >= 0.6 is 11.6 Å². The van der Waals surface area contributed by atoms with E-state index in [2.05, 4.69) is 15.0 Å². The van der Waals surface area contributed by atoms with Gasteiger partial charge >= 0.3 is 6.36 Å². The summed E-state index contributed by atoms with van der Waals surface area (Å²) in [5.74, 6) is 0.483. The Morgan fingerprint density at radius 1 is 1.19 bits per heavy atom. The number of nitrogens with zero attached hydrogens (tertiary/aromatic N) is 1. The Balaban J connectivity index is 1.86. The lowest BCUT2D eigenvalue weighted by molar-refractivity contribution is -0.274. The molecule has 0 bridgehead atoms. The van der Waals surface area contributed by atoms with Gasteiger partial charge in [0, 0.05) is 12.2 Å². The van der Waals surface area contributed by atoms with Gasteiger partial charge in [-0.25, -0.2) is 0 Å². The molecule has 0 saturated carbocycles. The van der Waals surface area contributed by atoms with E-state index in [1.54, 1.807) is 30.3 Å². The van der Waals surface area contributed by atoms with Crippen LogP contribution in [-0.4, -0.2) is 26.0 Å². The summed E-state index contributed by atoms with van der Waals surface area (Å²) < 4.78 is 45.2. The molecule has 0 aromatic heterocycles. The minimum absolute atomic E-state index is 0.197. The minimum atomic E-state index is -4.70. The van der Waals surface area contributed by atoms with Crippen molar-refractivity contribution in [1.82, 2.24) is 0 Å². The van der Waals surface area contributed by atoms with Crippen molar-refractivity contribution < 1.29 is 22.6 Å². The summed E-state index contributed by atoms with van der Waals surface area (Å²) in [6.07, 6.45) is -4.19. The van der Waals surface area contributed by atoms with Crippen LogP contribution in [0, 0.1) is 0 Å².